The number of hydrogen-bond donors (Lipinski definition) is 2. The third kappa shape index (κ3) is 4.34. The molecule has 2 atom stereocenters. The first-order chi connectivity index (χ1) is 11.9. The summed E-state index contributed by atoms with van der Waals surface area (Å²) in [5, 5.41) is 11.0. The van der Waals surface area contributed by atoms with Gasteiger partial charge in [-0.05, 0) is 18.9 Å². The molecule has 0 bridgehead atoms. The first-order valence-corrected chi connectivity index (χ1v) is 9.81. The average Bonchev–Trinajstić information content (AvgIpc) is 3.03. The first kappa shape index (κ1) is 18.2. The molecule has 5 nitrogen and oxygen atoms in total. The number of benzene rings is 1. The second-order valence-electron chi connectivity index (χ2n) is 5.79. The summed E-state index contributed by atoms with van der Waals surface area (Å²) in [6.45, 7) is 2.34. The number of nitrogens with zero attached hydrogens (tertiary/aromatic N) is 3. The second kappa shape index (κ2) is 7.76. The van der Waals surface area contributed by atoms with Crippen LogP contribution in [0.5, 0.6) is 0 Å². The van der Waals surface area contributed by atoms with Crippen molar-refractivity contribution in [2.75, 3.05) is 11.5 Å². The molecule has 1 aliphatic rings. The summed E-state index contributed by atoms with van der Waals surface area (Å²) in [6, 6.07) is 2.47. The lowest BCUT2D eigenvalue weighted by Gasteiger charge is -2.15. The summed E-state index contributed by atoms with van der Waals surface area (Å²) in [7, 11) is -0.940. The Hall–Kier alpha value is -1.58. The van der Waals surface area contributed by atoms with Crippen LogP contribution in [0.25, 0.3) is 11.3 Å². The van der Waals surface area contributed by atoms with Gasteiger partial charge in [-0.25, -0.2) is 13.5 Å². The Morgan fingerprint density at radius 1 is 1.40 bits per heavy atom. The molecule has 2 aromatic rings. The number of nitrogens with one attached hydrogen (secondary N) is 1. The molecule has 0 saturated heterocycles. The Morgan fingerprint density at radius 3 is 2.72 bits per heavy atom. The van der Waals surface area contributed by atoms with Crippen LogP contribution < -0.4 is 5.32 Å². The summed E-state index contributed by atoms with van der Waals surface area (Å²) >= 11 is 4.21. The van der Waals surface area contributed by atoms with E-state index >= 15 is 0 Å². The Balaban J connectivity index is 1.86. The van der Waals surface area contributed by atoms with Crippen LogP contribution in [0.1, 0.15) is 24.6 Å². The van der Waals surface area contributed by atoms with Crippen LogP contribution in [-0.2, 0) is 17.3 Å². The smallest absolute Gasteiger partial charge is 0.135 e. The second-order valence-corrected chi connectivity index (χ2v) is 8.18. The molecule has 0 amide bonds. The van der Waals surface area contributed by atoms with Crippen LogP contribution in [0.2, 0.25) is 0 Å². The van der Waals surface area contributed by atoms with Crippen LogP contribution in [-0.4, -0.2) is 36.1 Å². The highest BCUT2D eigenvalue weighted by molar-refractivity contribution is 7.85. The zero-order valence-corrected chi connectivity index (χ0v) is 15.3. The zero-order chi connectivity index (χ0) is 18.0. The van der Waals surface area contributed by atoms with Gasteiger partial charge in [-0.1, -0.05) is 11.3 Å². The molecular formula is C16H18F2N4OS2. The van der Waals surface area contributed by atoms with Gasteiger partial charge >= 0.3 is 0 Å². The number of thiol groups is 1. The van der Waals surface area contributed by atoms with E-state index in [9.17, 15) is 13.0 Å². The van der Waals surface area contributed by atoms with Gasteiger partial charge in [-0.15, -0.1) is 5.10 Å². The van der Waals surface area contributed by atoms with E-state index in [1.807, 2.05) is 6.92 Å². The first-order valence-electron chi connectivity index (χ1n) is 7.80. The summed E-state index contributed by atoms with van der Waals surface area (Å²) in [4.78, 5) is 0. The van der Waals surface area contributed by atoms with E-state index < -0.39 is 22.4 Å². The Bertz CT molecular complexity index is 812. The van der Waals surface area contributed by atoms with Crippen molar-refractivity contribution in [2.24, 2.45) is 0 Å². The topological polar surface area (TPSA) is 59.8 Å². The maximum atomic E-state index is 14.5. The maximum Gasteiger partial charge on any atom is 0.135 e. The van der Waals surface area contributed by atoms with Gasteiger partial charge in [0.2, 0.25) is 0 Å². The molecule has 1 aromatic carbocycles. The van der Waals surface area contributed by atoms with Crippen molar-refractivity contribution in [1.82, 2.24) is 20.3 Å². The van der Waals surface area contributed by atoms with Crippen molar-refractivity contribution in [1.29, 1.82) is 0 Å². The minimum Gasteiger partial charge on any atom is -0.300 e. The Kier molecular flexibility index (Phi) is 5.65. The highest BCUT2D eigenvalue weighted by Crippen LogP contribution is 2.29. The summed E-state index contributed by atoms with van der Waals surface area (Å²) in [6.07, 6.45) is 3.67. The van der Waals surface area contributed by atoms with Gasteiger partial charge in [-0.3, -0.25) is 9.53 Å². The van der Waals surface area contributed by atoms with Gasteiger partial charge in [-0.2, -0.15) is 12.6 Å². The number of rotatable bonds is 5. The van der Waals surface area contributed by atoms with E-state index in [4.69, 9.17) is 0 Å². The van der Waals surface area contributed by atoms with Gasteiger partial charge < -0.3 is 0 Å². The zero-order valence-electron chi connectivity index (χ0n) is 13.6. The van der Waals surface area contributed by atoms with Crippen LogP contribution in [0, 0.1) is 11.6 Å². The lowest BCUT2D eigenvalue weighted by molar-refractivity contribution is 0.572. The predicted molar refractivity (Wildman–Crippen MR) is 97.0 cm³/mol. The largest absolute Gasteiger partial charge is 0.300 e. The molecule has 0 saturated carbocycles. The van der Waals surface area contributed by atoms with Crippen molar-refractivity contribution in [2.45, 2.75) is 25.3 Å². The minimum atomic E-state index is -0.940. The molecule has 2 unspecified atom stereocenters. The van der Waals surface area contributed by atoms with Gasteiger partial charge in [0.25, 0.3) is 0 Å². The molecule has 0 aliphatic carbocycles. The molecule has 0 spiro atoms. The van der Waals surface area contributed by atoms with Crippen molar-refractivity contribution >= 4 is 29.0 Å². The molecule has 3 rings (SSSR count). The highest BCUT2D eigenvalue weighted by Gasteiger charge is 2.19. The Labute approximate surface area is 152 Å². The fourth-order valence-electron chi connectivity index (χ4n) is 2.59. The molecule has 0 radical (unpaired) electrons. The maximum absolute atomic E-state index is 14.5. The molecule has 1 N–H and O–H groups in total. The van der Waals surface area contributed by atoms with E-state index in [2.05, 4.69) is 28.3 Å². The van der Waals surface area contributed by atoms with E-state index in [0.717, 1.165) is 0 Å². The molecular weight excluding hydrogens is 366 g/mol. The quantitative estimate of drug-likeness (QED) is 0.614. The van der Waals surface area contributed by atoms with Crippen molar-refractivity contribution in [3.8, 4) is 5.69 Å². The predicted octanol–water partition coefficient (Wildman–Crippen LogP) is 2.45. The summed E-state index contributed by atoms with van der Waals surface area (Å²) in [5.74, 6) is -0.560. The molecule has 25 heavy (non-hydrogen) atoms. The van der Waals surface area contributed by atoms with Crippen molar-refractivity contribution < 1.29 is 13.0 Å². The van der Waals surface area contributed by atoms with Gasteiger partial charge in [0.15, 0.2) is 0 Å². The van der Waals surface area contributed by atoms with Crippen LogP contribution in [0.4, 0.5) is 8.78 Å². The molecule has 134 valence electrons. The van der Waals surface area contributed by atoms with Crippen molar-refractivity contribution in [3.05, 3.63) is 47.3 Å². The lowest BCUT2D eigenvalue weighted by Crippen LogP contribution is -2.19. The number of aromatic nitrogens is 3. The average molecular weight is 384 g/mol. The number of halogens is 2. The lowest BCUT2D eigenvalue weighted by atomic mass is 10.0. The normalized spacial score (nSPS) is 18.9. The van der Waals surface area contributed by atoms with E-state index in [1.54, 1.807) is 12.3 Å². The number of allylic oxidation sites excluding steroid dienone is 1. The fraction of sp³-hybridized carbons (Fsp3) is 0.375. The number of hydrogen-bond acceptors (Lipinski definition) is 5. The molecule has 2 heterocycles. The summed E-state index contributed by atoms with van der Waals surface area (Å²) < 4.78 is 41.7. The fourth-order valence-corrected chi connectivity index (χ4v) is 3.68. The Morgan fingerprint density at radius 2 is 2.12 bits per heavy atom. The standard InChI is InChI=1S/C16H18F2N4OS2/c1-10(24)19-8-12-9-22(21-20-12)13-6-14(17)16(15(18)7-13)11-2-4-25(23)5-3-11/h2,6-7,9-10,19,24H,3-5,8H2,1H3. The summed E-state index contributed by atoms with van der Waals surface area (Å²) in [5.41, 5.74) is 1.42. The SMILES string of the molecule is CC(S)NCc1cn(-c2cc(F)c(C3=CCS(=O)CC3)c(F)c2)nn1. The van der Waals surface area contributed by atoms with Crippen LogP contribution in [0.15, 0.2) is 24.4 Å². The molecule has 1 aliphatic heterocycles. The van der Waals surface area contributed by atoms with Gasteiger partial charge in [0.05, 0.1) is 17.6 Å². The third-order valence-corrected chi connectivity index (χ3v) is 5.23. The molecule has 1 aromatic heterocycles. The molecule has 9 heteroatoms. The third-order valence-electron chi connectivity index (χ3n) is 3.85. The van der Waals surface area contributed by atoms with Gasteiger partial charge in [0.1, 0.15) is 11.6 Å². The van der Waals surface area contributed by atoms with E-state index in [1.165, 1.54) is 16.8 Å². The van der Waals surface area contributed by atoms with Crippen LogP contribution >= 0.6 is 12.6 Å². The van der Waals surface area contributed by atoms with E-state index in [0.29, 0.717) is 35.7 Å². The van der Waals surface area contributed by atoms with E-state index in [-0.39, 0.29) is 16.6 Å². The van der Waals surface area contributed by atoms with Gasteiger partial charge in [0, 0.05) is 51.9 Å². The minimum absolute atomic E-state index is 0.00239. The van der Waals surface area contributed by atoms with Crippen LogP contribution in [0.3, 0.4) is 0 Å². The highest BCUT2D eigenvalue weighted by atomic mass is 32.2. The monoisotopic (exact) mass is 384 g/mol. The van der Waals surface area contributed by atoms with Crippen molar-refractivity contribution in [3.63, 3.8) is 0 Å². The molecule has 0 fully saturated rings.